The monoisotopic (exact) mass is 587 g/mol. The Balaban J connectivity index is 1.29. The van der Waals surface area contributed by atoms with Crippen LogP contribution in [0, 0.1) is 5.92 Å². The van der Waals surface area contributed by atoms with E-state index in [-0.39, 0.29) is 18.1 Å². The zero-order valence-electron chi connectivity index (χ0n) is 21.8. The number of hydrogen-bond donors (Lipinski definition) is 1. The molecule has 216 valence electrons. The Labute approximate surface area is 235 Å². The van der Waals surface area contributed by atoms with Crippen LogP contribution in [0.1, 0.15) is 12.8 Å². The molecule has 41 heavy (non-hydrogen) atoms. The van der Waals surface area contributed by atoms with E-state index in [2.05, 4.69) is 14.1 Å². The van der Waals surface area contributed by atoms with E-state index in [1.807, 2.05) is 53.4 Å². The predicted molar refractivity (Wildman–Crippen MR) is 148 cm³/mol. The van der Waals surface area contributed by atoms with Crippen molar-refractivity contribution in [1.29, 1.82) is 0 Å². The number of para-hydroxylation sites is 4. The minimum atomic E-state index is -4.84. The van der Waals surface area contributed by atoms with E-state index in [1.165, 1.54) is 17.7 Å². The number of aliphatic hydroxyl groups is 1. The molecule has 6 rings (SSSR count). The summed E-state index contributed by atoms with van der Waals surface area (Å²) in [5.41, 5.74) is 2.76. The number of fused-ring (bicyclic) bond motifs is 2. The van der Waals surface area contributed by atoms with Gasteiger partial charge in [0, 0.05) is 0 Å². The fraction of sp³-hybridized carbons (Fsp3) is 0.345. The minimum Gasteiger partial charge on any atom is -0.453 e. The predicted octanol–water partition coefficient (Wildman–Crippen LogP) is 5.92. The first-order chi connectivity index (χ1) is 19.7. The highest BCUT2D eigenvalue weighted by Gasteiger charge is 2.40. The summed E-state index contributed by atoms with van der Waals surface area (Å²) in [5.74, 6) is 1.19. The molecule has 0 spiro atoms. The van der Waals surface area contributed by atoms with Gasteiger partial charge in [0.2, 0.25) is 0 Å². The normalized spacial score (nSPS) is 23.7. The Morgan fingerprint density at radius 1 is 0.976 bits per heavy atom. The highest BCUT2D eigenvalue weighted by molar-refractivity contribution is 8.06. The van der Waals surface area contributed by atoms with E-state index in [0.29, 0.717) is 24.0 Å². The van der Waals surface area contributed by atoms with Crippen LogP contribution >= 0.6 is 0 Å². The third kappa shape index (κ3) is 6.04. The van der Waals surface area contributed by atoms with Gasteiger partial charge in [-0.15, -0.1) is 13.2 Å². The molecular weight excluding hydrogens is 559 g/mol. The lowest BCUT2D eigenvalue weighted by molar-refractivity contribution is -0.274. The van der Waals surface area contributed by atoms with Gasteiger partial charge in [-0.25, -0.2) is 8.57 Å². The van der Waals surface area contributed by atoms with E-state index < -0.39 is 40.0 Å². The van der Waals surface area contributed by atoms with Gasteiger partial charge >= 0.3 is 6.36 Å². The third-order valence-corrected chi connectivity index (χ3v) is 9.07. The van der Waals surface area contributed by atoms with Crippen LogP contribution in [-0.2, 0) is 14.5 Å². The first-order valence-electron chi connectivity index (χ1n) is 13.2. The molecule has 3 aromatic carbocycles. The number of anilines is 2. The number of aliphatic imine (C=N–C) groups is 1. The summed E-state index contributed by atoms with van der Waals surface area (Å²) in [5, 5.41) is 11.5. The molecule has 3 aliphatic rings. The van der Waals surface area contributed by atoms with Crippen molar-refractivity contribution in [3.05, 3.63) is 72.8 Å². The summed E-state index contributed by atoms with van der Waals surface area (Å²) < 4.78 is 72.3. The highest BCUT2D eigenvalue weighted by Crippen LogP contribution is 2.48. The zero-order chi connectivity index (χ0) is 28.6. The van der Waals surface area contributed by atoms with Gasteiger partial charge in [0.1, 0.15) is 27.6 Å². The van der Waals surface area contributed by atoms with E-state index in [0.717, 1.165) is 36.3 Å². The van der Waals surface area contributed by atoms with Crippen LogP contribution < -0.4 is 14.4 Å². The van der Waals surface area contributed by atoms with E-state index >= 15 is 0 Å². The van der Waals surface area contributed by atoms with Gasteiger partial charge in [-0.3, -0.25) is 4.99 Å². The Kier molecular flexibility index (Phi) is 7.39. The fourth-order valence-electron chi connectivity index (χ4n) is 4.89. The van der Waals surface area contributed by atoms with Crippen LogP contribution in [0.5, 0.6) is 17.2 Å². The molecule has 1 unspecified atom stereocenters. The van der Waals surface area contributed by atoms with Crippen LogP contribution in [0.3, 0.4) is 0 Å². The number of hydrogen-bond acceptors (Lipinski definition) is 8. The van der Waals surface area contributed by atoms with E-state index in [4.69, 9.17) is 9.47 Å². The summed E-state index contributed by atoms with van der Waals surface area (Å²) in [6.07, 6.45) is -3.88. The lowest BCUT2D eigenvalue weighted by Gasteiger charge is -2.43. The summed E-state index contributed by atoms with van der Waals surface area (Å²) in [7, 11) is -3.25. The molecule has 1 saturated carbocycles. The van der Waals surface area contributed by atoms with Crippen molar-refractivity contribution in [2.75, 3.05) is 24.7 Å². The number of ether oxygens (including phenoxy) is 3. The number of halogens is 3. The van der Waals surface area contributed by atoms with Gasteiger partial charge in [0.25, 0.3) is 0 Å². The minimum absolute atomic E-state index is 0.0955. The number of benzene rings is 3. The Bertz CT molecular complexity index is 1510. The van der Waals surface area contributed by atoms with Crippen molar-refractivity contribution in [2.24, 2.45) is 15.3 Å². The smallest absolute Gasteiger partial charge is 0.453 e. The van der Waals surface area contributed by atoms with Crippen LogP contribution in [0.4, 0.5) is 24.5 Å². The van der Waals surface area contributed by atoms with Gasteiger partial charge in [-0.05, 0) is 67.3 Å². The summed E-state index contributed by atoms with van der Waals surface area (Å²) in [6.45, 7) is 0.662. The Morgan fingerprint density at radius 3 is 2.22 bits per heavy atom. The molecule has 1 aliphatic carbocycles. The molecule has 0 bridgehead atoms. The molecule has 4 atom stereocenters. The molecule has 0 aromatic heterocycles. The summed E-state index contributed by atoms with van der Waals surface area (Å²) in [6, 6.07) is 18.5. The van der Waals surface area contributed by atoms with Crippen molar-refractivity contribution in [1.82, 2.24) is 0 Å². The van der Waals surface area contributed by atoms with E-state index in [9.17, 15) is 22.5 Å². The second-order valence-corrected chi connectivity index (χ2v) is 12.2. The molecule has 2 aliphatic heterocycles. The van der Waals surface area contributed by atoms with Crippen molar-refractivity contribution in [3.63, 3.8) is 0 Å². The van der Waals surface area contributed by atoms with Crippen molar-refractivity contribution < 1.29 is 36.7 Å². The second-order valence-electron chi connectivity index (χ2n) is 10.2. The topological polar surface area (TPSA) is 93.0 Å². The second kappa shape index (κ2) is 11.0. The van der Waals surface area contributed by atoms with Gasteiger partial charge in [0.05, 0.1) is 47.6 Å². The highest BCUT2D eigenvalue weighted by atomic mass is 32.2. The molecule has 2 heterocycles. The zero-order valence-corrected chi connectivity index (χ0v) is 22.6. The fourth-order valence-corrected chi connectivity index (χ4v) is 6.51. The summed E-state index contributed by atoms with van der Waals surface area (Å²) >= 11 is 0. The maximum Gasteiger partial charge on any atom is 0.573 e. The molecule has 1 saturated heterocycles. The van der Waals surface area contributed by atoms with Crippen LogP contribution in [0.25, 0.3) is 0 Å². The van der Waals surface area contributed by atoms with Crippen molar-refractivity contribution >= 4 is 26.7 Å². The van der Waals surface area contributed by atoms with E-state index in [1.54, 1.807) is 0 Å². The molecule has 3 aromatic rings. The van der Waals surface area contributed by atoms with Gasteiger partial charge in [0.15, 0.2) is 11.5 Å². The number of alkyl halides is 3. The SMILES string of the molecule is O=S(/C=N\[C@@H]1COC[C@H](N2c3ccccc3Oc3ccccc32)[C@@H]1O)(=NCC1CC1)c1ccc(OC(F)(F)F)cc1. The maximum atomic E-state index is 14.0. The lowest BCUT2D eigenvalue weighted by atomic mass is 9.98. The van der Waals surface area contributed by atoms with Gasteiger partial charge in [-0.2, -0.15) is 0 Å². The molecule has 8 nitrogen and oxygen atoms in total. The quantitative estimate of drug-likeness (QED) is 0.273. The molecular formula is C29H28F3N3O5S. The third-order valence-electron chi connectivity index (χ3n) is 7.18. The van der Waals surface area contributed by atoms with Crippen molar-refractivity contribution in [2.45, 2.75) is 42.3 Å². The average Bonchev–Trinajstić information content (AvgIpc) is 3.79. The maximum absolute atomic E-state index is 14.0. The Morgan fingerprint density at radius 2 is 1.61 bits per heavy atom. The van der Waals surface area contributed by atoms with Crippen LogP contribution in [-0.4, -0.2) is 59.2 Å². The largest absolute Gasteiger partial charge is 0.573 e. The Hall–Kier alpha value is -3.61. The molecule has 2 fully saturated rings. The molecule has 12 heteroatoms. The van der Waals surface area contributed by atoms with Crippen molar-refractivity contribution in [3.8, 4) is 17.2 Å². The number of nitrogens with zero attached hydrogens (tertiary/aromatic N) is 3. The van der Waals surface area contributed by atoms with Crippen LogP contribution in [0.15, 0.2) is 87.0 Å². The molecule has 0 amide bonds. The van der Waals surface area contributed by atoms with Gasteiger partial charge < -0.3 is 24.2 Å². The number of rotatable bonds is 7. The van der Waals surface area contributed by atoms with Gasteiger partial charge in [-0.1, -0.05) is 24.3 Å². The summed E-state index contributed by atoms with van der Waals surface area (Å²) in [4.78, 5) is 6.70. The molecule has 1 N–H and O–H groups in total. The first kappa shape index (κ1) is 27.6. The average molecular weight is 588 g/mol. The molecule has 0 radical (unpaired) electrons. The number of aliphatic hydroxyl groups excluding tert-OH is 1. The standard InChI is InChI=1S/C29H28F3N3O5S/c30-29(31,32)40-20-11-13-21(14-12-20)41(37,34-15-19-9-10-19)18-33-22-16-38-17-25(28(22)36)35-23-5-1-3-7-26(23)39-27-8-4-2-6-24(27)35/h1-8,11-14,18-19,22,25,28,36H,9-10,15-17H2/b33-18-/t22-,25+,28-,41?/m1/s1. The van der Waals surface area contributed by atoms with Crippen LogP contribution in [0.2, 0.25) is 0 Å². The lowest BCUT2D eigenvalue weighted by Crippen LogP contribution is -2.54. The first-order valence-corrected chi connectivity index (χ1v) is 14.8.